The van der Waals surface area contributed by atoms with Crippen molar-refractivity contribution >= 4 is 29.9 Å². The van der Waals surface area contributed by atoms with Crippen LogP contribution >= 0.6 is 0 Å². The lowest BCUT2D eigenvalue weighted by molar-refractivity contribution is -0.386. The van der Waals surface area contributed by atoms with Gasteiger partial charge in [-0.05, 0) is 48.4 Å². The number of rotatable bonds is 10. The number of ether oxygens (including phenoxy) is 3. The van der Waals surface area contributed by atoms with Crippen molar-refractivity contribution in [3.8, 4) is 17.2 Å². The summed E-state index contributed by atoms with van der Waals surface area (Å²) in [6.07, 6.45) is 3.27. The molecule has 0 spiro atoms. The molecule has 10 heteroatoms. The molecule has 3 aromatic carbocycles. The van der Waals surface area contributed by atoms with Crippen LogP contribution in [-0.4, -0.2) is 36.2 Å². The third-order valence-corrected chi connectivity index (χ3v) is 4.73. The number of amides is 1. The molecule has 3 rings (SSSR count). The summed E-state index contributed by atoms with van der Waals surface area (Å²) < 4.78 is 16.0. The van der Waals surface area contributed by atoms with E-state index in [2.05, 4.69) is 10.5 Å². The second-order valence-electron chi connectivity index (χ2n) is 7.29. The minimum Gasteiger partial charge on any atom is -0.493 e. The lowest BCUT2D eigenvalue weighted by atomic mass is 10.2. The zero-order valence-corrected chi connectivity index (χ0v) is 19.5. The predicted molar refractivity (Wildman–Crippen MR) is 133 cm³/mol. The topological polar surface area (TPSA) is 129 Å². The van der Waals surface area contributed by atoms with Gasteiger partial charge in [0, 0.05) is 12.1 Å². The average molecular weight is 489 g/mol. The van der Waals surface area contributed by atoms with Crippen LogP contribution in [0.3, 0.4) is 0 Å². The lowest BCUT2D eigenvalue weighted by Gasteiger charge is -2.12. The number of benzene rings is 3. The first-order chi connectivity index (χ1) is 17.4. The van der Waals surface area contributed by atoms with E-state index in [-0.39, 0.29) is 17.2 Å². The molecule has 0 heterocycles. The molecule has 0 aromatic heterocycles. The number of hydrogen-bond acceptors (Lipinski definition) is 8. The fraction of sp³-hybridized carbons (Fsp3) is 0.115. The number of hydrazone groups is 1. The Morgan fingerprint density at radius 1 is 0.972 bits per heavy atom. The van der Waals surface area contributed by atoms with Gasteiger partial charge in [0.2, 0.25) is 0 Å². The van der Waals surface area contributed by atoms with E-state index in [9.17, 15) is 19.7 Å². The van der Waals surface area contributed by atoms with E-state index < -0.39 is 22.9 Å². The highest BCUT2D eigenvalue weighted by molar-refractivity contribution is 5.89. The van der Waals surface area contributed by atoms with Crippen LogP contribution in [0.4, 0.5) is 5.69 Å². The van der Waals surface area contributed by atoms with Gasteiger partial charge in [-0.25, -0.2) is 10.2 Å². The SMILES string of the molecule is COc1cc(/C=N/NC(=O)C(C)Oc2ccccc2[N+](=O)[O-])ccc1OC(=O)/C=C/c1ccccc1. The first-order valence-electron chi connectivity index (χ1n) is 10.7. The summed E-state index contributed by atoms with van der Waals surface area (Å²) in [7, 11) is 1.43. The molecule has 36 heavy (non-hydrogen) atoms. The summed E-state index contributed by atoms with van der Waals surface area (Å²) in [5.41, 5.74) is 3.48. The van der Waals surface area contributed by atoms with E-state index in [4.69, 9.17) is 14.2 Å². The zero-order chi connectivity index (χ0) is 25.9. The van der Waals surface area contributed by atoms with Crippen molar-refractivity contribution < 1.29 is 28.7 Å². The smallest absolute Gasteiger partial charge is 0.336 e. The molecule has 0 bridgehead atoms. The number of para-hydroxylation sites is 2. The summed E-state index contributed by atoms with van der Waals surface area (Å²) >= 11 is 0. The number of hydrogen-bond donors (Lipinski definition) is 1. The van der Waals surface area contributed by atoms with Crippen molar-refractivity contribution in [3.05, 3.63) is 100 Å². The molecule has 1 unspecified atom stereocenters. The molecule has 1 amide bonds. The molecule has 0 fully saturated rings. The van der Waals surface area contributed by atoms with Crippen LogP contribution in [0.1, 0.15) is 18.1 Å². The molecule has 1 atom stereocenters. The van der Waals surface area contributed by atoms with E-state index in [1.807, 2.05) is 30.3 Å². The van der Waals surface area contributed by atoms with E-state index in [1.54, 1.807) is 24.3 Å². The molecule has 1 N–H and O–H groups in total. The molecule has 0 saturated heterocycles. The highest BCUT2D eigenvalue weighted by atomic mass is 16.6. The molecule has 0 aliphatic carbocycles. The standard InChI is InChI=1S/C26H23N3O7/c1-18(35-22-11-7-6-10-21(22)29(32)33)26(31)28-27-17-20-12-14-23(24(16-20)34-2)36-25(30)15-13-19-8-4-3-5-9-19/h3-18H,1-2H3,(H,28,31)/b15-13+,27-17+. The van der Waals surface area contributed by atoms with Gasteiger partial charge in [0.1, 0.15) is 0 Å². The maximum absolute atomic E-state index is 12.3. The van der Waals surface area contributed by atoms with Crippen LogP contribution in [0.15, 0.2) is 84.0 Å². The molecule has 0 aliphatic heterocycles. The van der Waals surface area contributed by atoms with Crippen LogP contribution in [0.25, 0.3) is 6.08 Å². The summed E-state index contributed by atoms with van der Waals surface area (Å²) in [6, 6.07) is 19.8. The molecule has 184 valence electrons. The highest BCUT2D eigenvalue weighted by Crippen LogP contribution is 2.28. The first-order valence-corrected chi connectivity index (χ1v) is 10.7. The van der Waals surface area contributed by atoms with E-state index in [1.165, 1.54) is 50.6 Å². The Balaban J connectivity index is 1.58. The summed E-state index contributed by atoms with van der Waals surface area (Å²) in [5.74, 6) is -0.694. The Bertz CT molecular complexity index is 1290. The molecular formula is C26H23N3O7. The normalized spacial score (nSPS) is 11.7. The first kappa shape index (κ1) is 25.6. The Kier molecular flexibility index (Phi) is 8.88. The van der Waals surface area contributed by atoms with Gasteiger partial charge >= 0.3 is 11.7 Å². The van der Waals surface area contributed by atoms with Gasteiger partial charge in [0.05, 0.1) is 18.2 Å². The Labute approximate surface area is 207 Å². The van der Waals surface area contributed by atoms with Crippen molar-refractivity contribution in [3.63, 3.8) is 0 Å². The van der Waals surface area contributed by atoms with Gasteiger partial charge in [0.15, 0.2) is 23.4 Å². The van der Waals surface area contributed by atoms with Gasteiger partial charge in [-0.15, -0.1) is 0 Å². The van der Waals surface area contributed by atoms with Gasteiger partial charge in [-0.3, -0.25) is 14.9 Å². The molecule has 3 aromatic rings. The fourth-order valence-electron chi connectivity index (χ4n) is 2.93. The molecule has 0 aliphatic rings. The van der Waals surface area contributed by atoms with E-state index in [0.717, 1.165) is 5.56 Å². The summed E-state index contributed by atoms with van der Waals surface area (Å²) in [4.78, 5) is 34.9. The van der Waals surface area contributed by atoms with Crippen LogP contribution in [-0.2, 0) is 9.59 Å². The van der Waals surface area contributed by atoms with E-state index in [0.29, 0.717) is 11.3 Å². The summed E-state index contributed by atoms with van der Waals surface area (Å²) in [6.45, 7) is 1.44. The number of nitro groups is 1. The second kappa shape index (κ2) is 12.5. The minimum absolute atomic E-state index is 0.0254. The van der Waals surface area contributed by atoms with Crippen molar-refractivity contribution in [2.24, 2.45) is 5.10 Å². The number of esters is 1. The Morgan fingerprint density at radius 2 is 1.69 bits per heavy atom. The van der Waals surface area contributed by atoms with Crippen LogP contribution in [0.2, 0.25) is 0 Å². The van der Waals surface area contributed by atoms with E-state index >= 15 is 0 Å². The Hall–Kier alpha value is -4.99. The number of nitrogens with one attached hydrogen (secondary N) is 1. The van der Waals surface area contributed by atoms with Crippen LogP contribution in [0.5, 0.6) is 17.2 Å². The van der Waals surface area contributed by atoms with Gasteiger partial charge in [0.25, 0.3) is 5.91 Å². The van der Waals surface area contributed by atoms with Crippen molar-refractivity contribution in [1.29, 1.82) is 0 Å². The third-order valence-electron chi connectivity index (χ3n) is 4.73. The maximum atomic E-state index is 12.3. The Morgan fingerprint density at radius 3 is 2.42 bits per heavy atom. The summed E-state index contributed by atoms with van der Waals surface area (Å²) in [5, 5.41) is 15.0. The minimum atomic E-state index is -1.04. The van der Waals surface area contributed by atoms with Crippen molar-refractivity contribution in [2.75, 3.05) is 7.11 Å². The monoisotopic (exact) mass is 489 g/mol. The lowest BCUT2D eigenvalue weighted by Crippen LogP contribution is -2.33. The largest absolute Gasteiger partial charge is 0.493 e. The number of nitro benzene ring substituents is 1. The number of methoxy groups -OCH3 is 1. The predicted octanol–water partition coefficient (Wildman–Crippen LogP) is 4.14. The van der Waals surface area contributed by atoms with Gasteiger partial charge in [-0.2, -0.15) is 5.10 Å². The number of carbonyl (C=O) groups is 2. The third kappa shape index (κ3) is 7.26. The average Bonchev–Trinajstić information content (AvgIpc) is 2.89. The maximum Gasteiger partial charge on any atom is 0.336 e. The molecule has 10 nitrogen and oxygen atoms in total. The van der Waals surface area contributed by atoms with Crippen LogP contribution in [0, 0.1) is 10.1 Å². The van der Waals surface area contributed by atoms with Crippen molar-refractivity contribution in [2.45, 2.75) is 13.0 Å². The molecule has 0 radical (unpaired) electrons. The van der Waals surface area contributed by atoms with Gasteiger partial charge in [-0.1, -0.05) is 42.5 Å². The van der Waals surface area contributed by atoms with Gasteiger partial charge < -0.3 is 14.2 Å². The quantitative estimate of drug-likeness (QED) is 0.113. The fourth-order valence-corrected chi connectivity index (χ4v) is 2.93. The zero-order valence-electron chi connectivity index (χ0n) is 19.5. The van der Waals surface area contributed by atoms with Crippen molar-refractivity contribution in [1.82, 2.24) is 5.43 Å². The number of nitrogens with zero attached hydrogens (tertiary/aromatic N) is 2. The molecule has 0 saturated carbocycles. The highest BCUT2D eigenvalue weighted by Gasteiger charge is 2.20. The molecular weight excluding hydrogens is 466 g/mol. The number of carbonyl (C=O) groups excluding carboxylic acids is 2. The van der Waals surface area contributed by atoms with Crippen LogP contribution < -0.4 is 19.6 Å². The second-order valence-corrected chi connectivity index (χ2v) is 7.29.